The Hall–Kier alpha value is -3.42. The molecule has 0 fully saturated rings. The minimum Gasteiger partial charge on any atom is -0.442 e. The average molecular weight is 358 g/mol. The van der Waals surface area contributed by atoms with Gasteiger partial charge in [-0.3, -0.25) is 10.1 Å². The molecule has 0 aliphatic heterocycles. The van der Waals surface area contributed by atoms with E-state index >= 15 is 0 Å². The first-order chi connectivity index (χ1) is 12.5. The van der Waals surface area contributed by atoms with Crippen molar-refractivity contribution in [1.29, 1.82) is 0 Å². The van der Waals surface area contributed by atoms with Gasteiger partial charge < -0.3 is 9.57 Å². The molecule has 0 bridgehead atoms. The summed E-state index contributed by atoms with van der Waals surface area (Å²) in [5.74, 6) is -0.609. The van der Waals surface area contributed by atoms with Crippen molar-refractivity contribution < 1.29 is 24.1 Å². The van der Waals surface area contributed by atoms with E-state index in [2.05, 4.69) is 0 Å². The lowest BCUT2D eigenvalue weighted by Gasteiger charge is -2.20. The third-order valence-electron chi connectivity index (χ3n) is 3.31. The van der Waals surface area contributed by atoms with Gasteiger partial charge >= 0.3 is 12.1 Å². The molecule has 0 aliphatic carbocycles. The van der Waals surface area contributed by atoms with Gasteiger partial charge in [0, 0.05) is 18.6 Å². The first kappa shape index (κ1) is 18.9. The van der Waals surface area contributed by atoms with Crippen LogP contribution >= 0.6 is 0 Å². The van der Waals surface area contributed by atoms with Crippen LogP contribution in [0.4, 0.5) is 16.2 Å². The zero-order chi connectivity index (χ0) is 18.9. The number of benzene rings is 2. The molecule has 2 aromatic carbocycles. The number of rotatable bonds is 6. The fourth-order valence-corrected chi connectivity index (χ4v) is 2.03. The molecule has 8 nitrogen and oxygen atoms in total. The summed E-state index contributed by atoms with van der Waals surface area (Å²) in [6.45, 7) is 1.79. The Morgan fingerprint density at radius 2 is 1.73 bits per heavy atom. The van der Waals surface area contributed by atoms with Gasteiger partial charge in [-0.05, 0) is 24.1 Å². The van der Waals surface area contributed by atoms with Crippen LogP contribution < -0.4 is 5.06 Å². The Labute approximate surface area is 150 Å². The molecular weight excluding hydrogens is 340 g/mol. The Morgan fingerprint density at radius 3 is 2.31 bits per heavy atom. The number of amides is 1. The van der Waals surface area contributed by atoms with E-state index < -0.39 is 17.0 Å². The molecular formula is C18H18N2O6. The molecule has 0 aromatic heterocycles. The molecule has 0 spiro atoms. The van der Waals surface area contributed by atoms with Gasteiger partial charge in [0.25, 0.3) is 5.69 Å². The number of carbonyl (C=O) groups excluding carboxylic acids is 2. The third-order valence-corrected chi connectivity index (χ3v) is 3.31. The van der Waals surface area contributed by atoms with Gasteiger partial charge in [0.05, 0.1) is 10.6 Å². The summed E-state index contributed by atoms with van der Waals surface area (Å²) in [5, 5.41) is 11.5. The first-order valence-electron chi connectivity index (χ1n) is 7.97. The van der Waals surface area contributed by atoms with E-state index in [-0.39, 0.29) is 24.4 Å². The second kappa shape index (κ2) is 9.16. The van der Waals surface area contributed by atoms with Crippen molar-refractivity contribution in [2.75, 3.05) is 5.06 Å². The Balaban J connectivity index is 2.15. The molecule has 8 heteroatoms. The molecule has 0 N–H and O–H groups in total. The highest BCUT2D eigenvalue weighted by Crippen LogP contribution is 2.21. The van der Waals surface area contributed by atoms with Crippen molar-refractivity contribution in [3.63, 3.8) is 0 Å². The number of anilines is 1. The Bertz CT molecular complexity index is 761. The smallest absolute Gasteiger partial charge is 0.442 e. The van der Waals surface area contributed by atoms with Crippen LogP contribution in [0.1, 0.15) is 25.3 Å². The number of carbonyl (C=O) groups is 2. The van der Waals surface area contributed by atoms with Crippen molar-refractivity contribution in [2.24, 2.45) is 0 Å². The van der Waals surface area contributed by atoms with Gasteiger partial charge in [0.2, 0.25) is 0 Å². The normalized spacial score (nSPS) is 10.0. The quantitative estimate of drug-likeness (QED) is 0.572. The number of nitro groups is 1. The molecule has 0 radical (unpaired) electrons. The molecule has 0 saturated carbocycles. The van der Waals surface area contributed by atoms with Crippen molar-refractivity contribution in [3.05, 3.63) is 70.3 Å². The van der Waals surface area contributed by atoms with Gasteiger partial charge in [-0.2, -0.15) is 0 Å². The van der Waals surface area contributed by atoms with Crippen LogP contribution in [-0.4, -0.2) is 17.0 Å². The van der Waals surface area contributed by atoms with Crippen LogP contribution in [0.15, 0.2) is 54.6 Å². The highest BCUT2D eigenvalue weighted by Gasteiger charge is 2.23. The lowest BCUT2D eigenvalue weighted by Crippen LogP contribution is -2.34. The summed E-state index contributed by atoms with van der Waals surface area (Å²) < 4.78 is 5.18. The van der Waals surface area contributed by atoms with Crippen molar-refractivity contribution in [2.45, 2.75) is 26.4 Å². The number of hydrogen-bond acceptors (Lipinski definition) is 6. The molecule has 0 saturated heterocycles. The standard InChI is InChI=1S/C18H18N2O6/c1-2-6-17(21)26-19(15-9-11-16(12-10-15)20(23)24)18(22)25-13-14-7-4-3-5-8-14/h3-5,7-12H,2,6,13H2,1H3. The van der Waals surface area contributed by atoms with E-state index in [1.807, 2.05) is 6.07 Å². The van der Waals surface area contributed by atoms with E-state index in [0.717, 1.165) is 5.56 Å². The number of nitrogens with zero attached hydrogens (tertiary/aromatic N) is 2. The first-order valence-corrected chi connectivity index (χ1v) is 7.97. The number of ether oxygens (including phenoxy) is 1. The average Bonchev–Trinajstić information content (AvgIpc) is 2.65. The maximum atomic E-state index is 12.4. The topological polar surface area (TPSA) is 99.0 Å². The summed E-state index contributed by atoms with van der Waals surface area (Å²) in [4.78, 5) is 39.4. The fraction of sp³-hybridized carbons (Fsp3) is 0.222. The van der Waals surface area contributed by atoms with Gasteiger partial charge in [-0.25, -0.2) is 9.59 Å². The van der Waals surface area contributed by atoms with Crippen molar-refractivity contribution >= 4 is 23.4 Å². The van der Waals surface area contributed by atoms with Crippen LogP contribution in [-0.2, 0) is 21.0 Å². The summed E-state index contributed by atoms with van der Waals surface area (Å²) in [6, 6.07) is 14.0. The van der Waals surface area contributed by atoms with Gasteiger partial charge in [-0.1, -0.05) is 37.3 Å². The fourth-order valence-electron chi connectivity index (χ4n) is 2.03. The number of non-ortho nitro benzene ring substituents is 1. The largest absolute Gasteiger partial charge is 0.448 e. The Kier molecular flexibility index (Phi) is 6.67. The highest BCUT2D eigenvalue weighted by atomic mass is 16.8. The maximum Gasteiger partial charge on any atom is 0.448 e. The molecule has 0 unspecified atom stereocenters. The van der Waals surface area contributed by atoms with Gasteiger partial charge in [0.1, 0.15) is 6.61 Å². The molecule has 0 heterocycles. The molecule has 2 aromatic rings. The van der Waals surface area contributed by atoms with Crippen LogP contribution in [0.2, 0.25) is 0 Å². The second-order valence-corrected chi connectivity index (χ2v) is 5.32. The SMILES string of the molecule is CCCC(=O)ON(C(=O)OCc1ccccc1)c1ccc([N+](=O)[O-])cc1. The number of hydrogen-bond donors (Lipinski definition) is 0. The zero-order valence-electron chi connectivity index (χ0n) is 14.2. The molecule has 2 rings (SSSR count). The van der Waals surface area contributed by atoms with Crippen molar-refractivity contribution in [1.82, 2.24) is 0 Å². The summed E-state index contributed by atoms with van der Waals surface area (Å²) in [7, 11) is 0. The van der Waals surface area contributed by atoms with Crippen LogP contribution in [0.25, 0.3) is 0 Å². The molecule has 136 valence electrons. The Morgan fingerprint density at radius 1 is 1.08 bits per heavy atom. The maximum absolute atomic E-state index is 12.4. The van der Waals surface area contributed by atoms with Crippen LogP contribution in [0.3, 0.4) is 0 Å². The van der Waals surface area contributed by atoms with Gasteiger partial charge in [0.15, 0.2) is 0 Å². The number of hydroxylamine groups is 1. The van der Waals surface area contributed by atoms with Crippen LogP contribution in [0.5, 0.6) is 0 Å². The minimum atomic E-state index is -0.896. The lowest BCUT2D eigenvalue weighted by atomic mass is 10.2. The van der Waals surface area contributed by atoms with Crippen LogP contribution in [0, 0.1) is 10.1 Å². The molecule has 0 atom stereocenters. The summed E-state index contributed by atoms with van der Waals surface area (Å²) in [6.07, 6.45) is -0.228. The molecule has 1 amide bonds. The highest BCUT2D eigenvalue weighted by molar-refractivity contribution is 5.88. The van der Waals surface area contributed by atoms with Crippen molar-refractivity contribution in [3.8, 4) is 0 Å². The van der Waals surface area contributed by atoms with E-state index in [4.69, 9.17) is 9.57 Å². The minimum absolute atomic E-state index is 0.00547. The summed E-state index contributed by atoms with van der Waals surface area (Å²) >= 11 is 0. The van der Waals surface area contributed by atoms with E-state index in [1.54, 1.807) is 31.2 Å². The summed E-state index contributed by atoms with van der Waals surface area (Å²) in [5.41, 5.74) is 0.772. The third kappa shape index (κ3) is 5.30. The predicted octanol–water partition coefficient (Wildman–Crippen LogP) is 4.00. The zero-order valence-corrected chi connectivity index (χ0v) is 14.2. The number of nitro benzene ring substituents is 1. The lowest BCUT2D eigenvalue weighted by molar-refractivity contribution is -0.384. The monoisotopic (exact) mass is 358 g/mol. The van der Waals surface area contributed by atoms with E-state index in [9.17, 15) is 19.7 Å². The van der Waals surface area contributed by atoms with Gasteiger partial charge in [-0.15, -0.1) is 5.06 Å². The molecule has 0 aliphatic rings. The predicted molar refractivity (Wildman–Crippen MR) is 93.2 cm³/mol. The second-order valence-electron chi connectivity index (χ2n) is 5.32. The molecule has 26 heavy (non-hydrogen) atoms. The van der Waals surface area contributed by atoms with E-state index in [1.165, 1.54) is 24.3 Å². The van der Waals surface area contributed by atoms with E-state index in [0.29, 0.717) is 11.5 Å².